The van der Waals surface area contributed by atoms with Crippen LogP contribution in [0.3, 0.4) is 0 Å². The number of halogens is 2. The number of nitrogens with zero attached hydrogens (tertiary/aromatic N) is 1. The summed E-state index contributed by atoms with van der Waals surface area (Å²) in [6.07, 6.45) is 2.82. The maximum absolute atomic E-state index is 13.6. The molecule has 3 rings (SSSR count). The predicted molar refractivity (Wildman–Crippen MR) is 152 cm³/mol. The molecule has 0 spiro atoms. The van der Waals surface area contributed by atoms with E-state index in [1.165, 1.54) is 0 Å². The average molecular weight is 687 g/mol. The molecule has 0 amide bonds. The van der Waals surface area contributed by atoms with Crippen molar-refractivity contribution in [2.45, 2.75) is 40.0 Å². The van der Waals surface area contributed by atoms with Crippen LogP contribution in [0.5, 0.6) is 5.75 Å². The molecule has 0 radical (unpaired) electrons. The summed E-state index contributed by atoms with van der Waals surface area (Å²) in [6.45, 7) is 10.0. The van der Waals surface area contributed by atoms with Crippen LogP contribution in [0.4, 0.5) is 0 Å². The van der Waals surface area contributed by atoms with Crippen LogP contribution in [0.15, 0.2) is 40.8 Å². The van der Waals surface area contributed by atoms with Crippen LogP contribution >= 0.6 is 45.2 Å². The summed E-state index contributed by atoms with van der Waals surface area (Å²) in [6, 6.07) is 11.7. The molecule has 0 saturated carbocycles. The first kappa shape index (κ1) is 28.4. The van der Waals surface area contributed by atoms with Gasteiger partial charge in [0.05, 0.1) is 12.7 Å². The fraction of sp³-hybridized carbons (Fsp3) is 0.400. The third-order valence-electron chi connectivity index (χ3n) is 5.46. The number of ether oxygens (including phenoxy) is 1. The molecule has 3 aromatic rings. The van der Waals surface area contributed by atoms with Gasteiger partial charge in [-0.3, -0.25) is 4.79 Å². The molecule has 0 saturated heterocycles. The molecule has 0 unspecified atom stereocenters. The molecule has 0 aliphatic rings. The molecule has 1 heterocycles. The van der Waals surface area contributed by atoms with Crippen LogP contribution in [-0.4, -0.2) is 74.7 Å². The monoisotopic (exact) mass is 687 g/mol. The molecular formula is C25H31CaI2NO3. The number of furan rings is 1. The van der Waals surface area contributed by atoms with E-state index in [-0.39, 0.29) is 43.5 Å². The first-order valence-corrected chi connectivity index (χ1v) is 13.0. The maximum atomic E-state index is 13.6. The van der Waals surface area contributed by atoms with E-state index in [0.29, 0.717) is 17.7 Å². The Bertz CT molecular complexity index is 1020. The molecule has 7 heteroatoms. The quantitative estimate of drug-likeness (QED) is 0.141. The topological polar surface area (TPSA) is 42.7 Å². The molecule has 0 bridgehead atoms. The van der Waals surface area contributed by atoms with E-state index in [2.05, 4.69) is 70.9 Å². The van der Waals surface area contributed by atoms with Crippen LogP contribution in [0.25, 0.3) is 11.0 Å². The van der Waals surface area contributed by atoms with Gasteiger partial charge in [0.1, 0.15) is 23.7 Å². The van der Waals surface area contributed by atoms with E-state index in [4.69, 9.17) is 9.15 Å². The summed E-state index contributed by atoms with van der Waals surface area (Å²) in [5.41, 5.74) is 2.15. The van der Waals surface area contributed by atoms with Gasteiger partial charge in [0.15, 0.2) is 5.78 Å². The van der Waals surface area contributed by atoms with E-state index >= 15 is 0 Å². The fourth-order valence-corrected chi connectivity index (χ4v) is 5.73. The molecule has 0 N–H and O–H groups in total. The second-order valence-electron chi connectivity index (χ2n) is 7.47. The molecule has 1 aromatic heterocycles. The Morgan fingerprint density at radius 1 is 1.06 bits per heavy atom. The van der Waals surface area contributed by atoms with Crippen molar-refractivity contribution >= 4 is 99.7 Å². The standard InChI is InChI=1S/C25H29I2NO3.Ca.2H/c1-4-7-11-22-23(18-10-8-9-12-21(18)31-22)24(29)17-15-19(26)25(20(27)16-17)30-14-13-28(5-2)6-3;;;/h8-10,12,15-16H,4-7,11,13-14H2,1-3H3;;;. The summed E-state index contributed by atoms with van der Waals surface area (Å²) >= 11 is 4.54. The first-order chi connectivity index (χ1) is 15.0. The Kier molecular flexibility index (Phi) is 12.3. The van der Waals surface area contributed by atoms with Gasteiger partial charge in [-0.15, -0.1) is 0 Å². The second-order valence-corrected chi connectivity index (χ2v) is 9.80. The van der Waals surface area contributed by atoms with Gasteiger partial charge < -0.3 is 14.1 Å². The van der Waals surface area contributed by atoms with Crippen molar-refractivity contribution in [2.24, 2.45) is 0 Å². The number of carbonyl (C=O) groups excluding carboxylic acids is 1. The summed E-state index contributed by atoms with van der Waals surface area (Å²) in [7, 11) is 0. The third-order valence-corrected chi connectivity index (χ3v) is 7.06. The van der Waals surface area contributed by atoms with Gasteiger partial charge >= 0.3 is 37.7 Å². The third kappa shape index (κ3) is 6.84. The summed E-state index contributed by atoms with van der Waals surface area (Å²) < 4.78 is 14.1. The minimum atomic E-state index is 0. The van der Waals surface area contributed by atoms with Gasteiger partial charge in [-0.2, -0.15) is 0 Å². The number of rotatable bonds is 11. The van der Waals surface area contributed by atoms with Crippen molar-refractivity contribution < 1.29 is 13.9 Å². The zero-order valence-electron chi connectivity index (χ0n) is 18.3. The Labute approximate surface area is 248 Å². The van der Waals surface area contributed by atoms with Gasteiger partial charge in [-0.1, -0.05) is 45.4 Å². The number of para-hydroxylation sites is 1. The van der Waals surface area contributed by atoms with Gasteiger partial charge in [-0.05, 0) is 82.9 Å². The van der Waals surface area contributed by atoms with E-state index in [1.807, 2.05) is 36.4 Å². The second kappa shape index (κ2) is 13.9. The van der Waals surface area contributed by atoms with Crippen LogP contribution < -0.4 is 4.74 Å². The predicted octanol–water partition coefficient (Wildman–Crippen LogP) is 6.02. The molecule has 2 aromatic carbocycles. The number of aryl methyl sites for hydroxylation is 1. The minimum absolute atomic E-state index is 0. The van der Waals surface area contributed by atoms with Gasteiger partial charge in [-0.25, -0.2) is 0 Å². The molecule has 0 aliphatic carbocycles. The van der Waals surface area contributed by atoms with Crippen LogP contribution in [-0.2, 0) is 6.42 Å². The summed E-state index contributed by atoms with van der Waals surface area (Å²) in [4.78, 5) is 15.9. The van der Waals surface area contributed by atoms with Crippen LogP contribution in [0.2, 0.25) is 0 Å². The van der Waals surface area contributed by atoms with Gasteiger partial charge in [0, 0.05) is 23.9 Å². The number of hydrogen-bond acceptors (Lipinski definition) is 4. The molecule has 32 heavy (non-hydrogen) atoms. The molecule has 0 fully saturated rings. The van der Waals surface area contributed by atoms with Crippen molar-refractivity contribution in [3.8, 4) is 5.75 Å². The average Bonchev–Trinajstić information content (AvgIpc) is 3.14. The number of ketones is 1. The zero-order valence-corrected chi connectivity index (χ0v) is 22.7. The number of carbonyl (C=O) groups is 1. The summed E-state index contributed by atoms with van der Waals surface area (Å²) in [5, 5.41) is 0.892. The van der Waals surface area contributed by atoms with Crippen molar-refractivity contribution in [3.05, 3.63) is 60.4 Å². The Morgan fingerprint density at radius 2 is 1.72 bits per heavy atom. The first-order valence-electron chi connectivity index (χ1n) is 10.9. The number of fused-ring (bicyclic) bond motifs is 1. The van der Waals surface area contributed by atoms with Crippen molar-refractivity contribution in [2.75, 3.05) is 26.2 Å². The number of benzene rings is 2. The van der Waals surface area contributed by atoms with E-state index in [9.17, 15) is 4.79 Å². The van der Waals surface area contributed by atoms with E-state index < -0.39 is 0 Å². The van der Waals surface area contributed by atoms with Crippen molar-refractivity contribution in [1.29, 1.82) is 0 Å². The van der Waals surface area contributed by atoms with Crippen molar-refractivity contribution in [3.63, 3.8) is 0 Å². The Morgan fingerprint density at radius 3 is 2.34 bits per heavy atom. The van der Waals surface area contributed by atoms with Crippen LogP contribution in [0, 0.1) is 7.14 Å². The van der Waals surface area contributed by atoms with Crippen LogP contribution in [0.1, 0.15) is 55.3 Å². The SMILES string of the molecule is CCCCc1oc2ccccc2c1C(=O)c1cc(I)c(OCCN(CC)CC)c(I)c1.[CaH2]. The number of unbranched alkanes of at least 4 members (excludes halogenated alkanes) is 1. The number of likely N-dealkylation sites (N-methyl/N-ethyl adjacent to an activating group) is 1. The molecule has 4 nitrogen and oxygen atoms in total. The summed E-state index contributed by atoms with van der Waals surface area (Å²) in [5.74, 6) is 1.66. The van der Waals surface area contributed by atoms with E-state index in [1.54, 1.807) is 0 Å². The zero-order chi connectivity index (χ0) is 22.4. The fourth-order valence-electron chi connectivity index (χ4n) is 3.65. The van der Waals surface area contributed by atoms with Gasteiger partial charge in [0.25, 0.3) is 0 Å². The Hall–Kier alpha value is 0.130. The van der Waals surface area contributed by atoms with Crippen molar-refractivity contribution in [1.82, 2.24) is 4.90 Å². The Balaban J connectivity index is 0.00000363. The normalized spacial score (nSPS) is 11.1. The number of hydrogen-bond donors (Lipinski definition) is 0. The molecular weight excluding hydrogens is 656 g/mol. The van der Waals surface area contributed by atoms with Gasteiger partial charge in [0.2, 0.25) is 0 Å². The van der Waals surface area contributed by atoms with E-state index in [0.717, 1.165) is 68.5 Å². The molecule has 0 atom stereocenters. The molecule has 0 aliphatic heterocycles. The molecule has 170 valence electrons.